The summed E-state index contributed by atoms with van der Waals surface area (Å²) in [7, 11) is 0. The van der Waals surface area contributed by atoms with E-state index in [2.05, 4.69) is 6.07 Å². The van der Waals surface area contributed by atoms with Crippen LogP contribution in [0.4, 0.5) is 5.69 Å². The maximum atomic E-state index is 9.98. The minimum Gasteiger partial charge on any atom is -0.260 e. The fourth-order valence-electron chi connectivity index (χ4n) is 0.497. The number of benzene rings is 1. The maximum absolute atomic E-state index is 9.98. The summed E-state index contributed by atoms with van der Waals surface area (Å²) in [5.41, 5.74) is 0.0116. The van der Waals surface area contributed by atoms with Gasteiger partial charge in [-0.25, -0.2) is 0 Å². The van der Waals surface area contributed by atoms with E-state index in [0.717, 1.165) is 0 Å². The summed E-state index contributed by atoms with van der Waals surface area (Å²) < 4.78 is 0. The van der Waals surface area contributed by atoms with Crippen molar-refractivity contribution in [3.63, 3.8) is 0 Å². The fourth-order valence-corrected chi connectivity index (χ4v) is 0.497. The third-order valence-corrected chi connectivity index (χ3v) is 0.889. The Balaban J connectivity index is 0.000000810. The van der Waals surface area contributed by atoms with Crippen LogP contribution in [-0.2, 0) is 0 Å². The molecule has 0 unspecified atom stereocenters. The average molecular weight is 161 g/mol. The molecule has 0 amide bonds. The molecule has 0 atom stereocenters. The maximum Gasteiger partial charge on any atom is 1.00 e. The van der Waals surface area contributed by atoms with E-state index in [1.165, 1.54) is 12.1 Å². The average Bonchev–Trinajstić information content (AvgIpc) is 1.90. The van der Waals surface area contributed by atoms with Gasteiger partial charge in [0.1, 0.15) is 0 Å². The van der Waals surface area contributed by atoms with E-state index in [9.17, 15) is 10.1 Å². The molecule has 0 aliphatic heterocycles. The van der Waals surface area contributed by atoms with Crippen molar-refractivity contribution in [2.75, 3.05) is 0 Å². The minimum atomic E-state index is -0.472. The third kappa shape index (κ3) is 2.89. The van der Waals surface area contributed by atoms with Crippen LogP contribution < -0.4 is 51.4 Å². The summed E-state index contributed by atoms with van der Waals surface area (Å²) in [5, 5.41) is 9.98. The molecule has 0 saturated carbocycles. The van der Waals surface area contributed by atoms with E-state index in [-0.39, 0.29) is 57.1 Å². The normalized spacial score (nSPS) is 8.00. The van der Waals surface area contributed by atoms with Gasteiger partial charge in [0, 0.05) is 4.92 Å². The molecule has 0 aliphatic carbocycles. The van der Waals surface area contributed by atoms with E-state index < -0.39 is 4.92 Å². The standard InChI is InChI=1S/C6H4NO2.K/c8-7(9)6-4-2-1-3-5-6;/h1-4H;/q-1;+1. The SMILES string of the molecule is O=[N+]([O-])c1[c-]cccc1.[K+]. The van der Waals surface area contributed by atoms with Gasteiger partial charge in [0.05, 0.1) is 0 Å². The summed E-state index contributed by atoms with van der Waals surface area (Å²) in [5.74, 6) is 0. The number of hydrogen-bond donors (Lipinski definition) is 0. The number of nitro benzene ring substituents is 1. The molecule has 4 heteroatoms. The van der Waals surface area contributed by atoms with E-state index in [4.69, 9.17) is 0 Å². The van der Waals surface area contributed by atoms with Crippen LogP contribution in [-0.4, -0.2) is 4.92 Å². The number of non-ortho nitro benzene ring substituents is 1. The first-order valence-electron chi connectivity index (χ1n) is 2.42. The van der Waals surface area contributed by atoms with Crippen molar-refractivity contribution >= 4 is 5.69 Å². The molecule has 0 heterocycles. The van der Waals surface area contributed by atoms with Gasteiger partial charge in [-0.2, -0.15) is 18.2 Å². The van der Waals surface area contributed by atoms with Gasteiger partial charge >= 0.3 is 51.4 Å². The predicted octanol–water partition coefficient (Wildman–Crippen LogP) is -1.60. The molecule has 0 aromatic heterocycles. The van der Waals surface area contributed by atoms with Gasteiger partial charge in [-0.15, -0.1) is 6.07 Å². The molecule has 1 aromatic carbocycles. The van der Waals surface area contributed by atoms with E-state index in [0.29, 0.717) is 0 Å². The molecule has 0 N–H and O–H groups in total. The summed E-state index contributed by atoms with van der Waals surface area (Å²) in [6, 6.07) is 8.68. The molecular formula is C6H4KNO2. The van der Waals surface area contributed by atoms with Gasteiger partial charge in [-0.05, 0) is 0 Å². The zero-order valence-corrected chi connectivity index (χ0v) is 8.70. The Bertz CT molecular complexity index is 212. The minimum absolute atomic E-state index is 0. The summed E-state index contributed by atoms with van der Waals surface area (Å²) in [4.78, 5) is 9.50. The second kappa shape index (κ2) is 4.98. The van der Waals surface area contributed by atoms with Gasteiger partial charge < -0.3 is 0 Å². The van der Waals surface area contributed by atoms with Crippen LogP contribution >= 0.6 is 0 Å². The first-order chi connectivity index (χ1) is 4.30. The van der Waals surface area contributed by atoms with Gasteiger partial charge in [-0.1, -0.05) is 6.07 Å². The van der Waals surface area contributed by atoms with Crippen LogP contribution in [0.5, 0.6) is 0 Å². The fraction of sp³-hybridized carbons (Fsp3) is 0. The molecule has 1 aromatic rings. The predicted molar refractivity (Wildman–Crippen MR) is 31.9 cm³/mol. The van der Waals surface area contributed by atoms with Gasteiger partial charge in [0.2, 0.25) is 0 Å². The van der Waals surface area contributed by atoms with Crippen molar-refractivity contribution in [2.24, 2.45) is 0 Å². The van der Waals surface area contributed by atoms with Crippen LogP contribution in [0.1, 0.15) is 0 Å². The number of nitrogens with zero attached hydrogens (tertiary/aromatic N) is 1. The Morgan fingerprint density at radius 1 is 1.50 bits per heavy atom. The third-order valence-electron chi connectivity index (χ3n) is 0.889. The Morgan fingerprint density at radius 2 is 2.20 bits per heavy atom. The zero-order valence-electron chi connectivity index (χ0n) is 5.57. The molecule has 10 heavy (non-hydrogen) atoms. The van der Waals surface area contributed by atoms with E-state index in [1.807, 2.05) is 0 Å². The summed E-state index contributed by atoms with van der Waals surface area (Å²) >= 11 is 0. The summed E-state index contributed by atoms with van der Waals surface area (Å²) in [6.07, 6.45) is 0. The van der Waals surface area contributed by atoms with Crippen LogP contribution in [0, 0.1) is 16.2 Å². The van der Waals surface area contributed by atoms with E-state index in [1.54, 1.807) is 12.1 Å². The molecule has 3 nitrogen and oxygen atoms in total. The zero-order chi connectivity index (χ0) is 6.69. The molecule has 0 saturated heterocycles. The second-order valence-corrected chi connectivity index (χ2v) is 1.50. The Morgan fingerprint density at radius 3 is 2.50 bits per heavy atom. The number of hydrogen-bond acceptors (Lipinski definition) is 2. The van der Waals surface area contributed by atoms with Crippen molar-refractivity contribution in [3.05, 3.63) is 40.4 Å². The van der Waals surface area contributed by atoms with Crippen LogP contribution in [0.25, 0.3) is 0 Å². The van der Waals surface area contributed by atoms with Gasteiger partial charge in [-0.3, -0.25) is 10.1 Å². The van der Waals surface area contributed by atoms with Crippen molar-refractivity contribution in [2.45, 2.75) is 0 Å². The smallest absolute Gasteiger partial charge is 0.260 e. The van der Waals surface area contributed by atoms with E-state index >= 15 is 0 Å². The van der Waals surface area contributed by atoms with Crippen molar-refractivity contribution in [1.29, 1.82) is 0 Å². The number of rotatable bonds is 1. The molecule has 0 radical (unpaired) electrons. The first kappa shape index (κ1) is 10.3. The monoisotopic (exact) mass is 161 g/mol. The molecule has 0 bridgehead atoms. The summed E-state index contributed by atoms with van der Waals surface area (Å²) in [6.45, 7) is 0. The number of nitro groups is 1. The Hall–Kier alpha value is 0.256. The molecule has 0 fully saturated rings. The topological polar surface area (TPSA) is 43.1 Å². The number of para-hydroxylation sites is 1. The quantitative estimate of drug-likeness (QED) is 0.215. The first-order valence-corrected chi connectivity index (χ1v) is 2.42. The largest absolute Gasteiger partial charge is 1.00 e. The van der Waals surface area contributed by atoms with Crippen LogP contribution in [0.15, 0.2) is 24.3 Å². The van der Waals surface area contributed by atoms with Crippen LogP contribution in [0.3, 0.4) is 0 Å². The Kier molecular flexibility index (Phi) is 5.11. The molecule has 46 valence electrons. The molecule has 1 rings (SSSR count). The van der Waals surface area contributed by atoms with Crippen molar-refractivity contribution in [1.82, 2.24) is 0 Å². The van der Waals surface area contributed by atoms with Gasteiger partial charge in [0.25, 0.3) is 0 Å². The van der Waals surface area contributed by atoms with Crippen molar-refractivity contribution in [3.8, 4) is 0 Å². The van der Waals surface area contributed by atoms with Gasteiger partial charge in [0.15, 0.2) is 5.69 Å². The second-order valence-electron chi connectivity index (χ2n) is 1.50. The molecule has 0 aliphatic rings. The molecular weight excluding hydrogens is 157 g/mol. The molecule has 0 spiro atoms. The Labute approximate surface area is 101 Å². The van der Waals surface area contributed by atoms with Crippen LogP contribution in [0.2, 0.25) is 0 Å². The van der Waals surface area contributed by atoms with Crippen molar-refractivity contribution < 1.29 is 56.3 Å².